The van der Waals surface area contributed by atoms with Gasteiger partial charge in [0.05, 0.1) is 13.2 Å². The zero-order chi connectivity index (χ0) is 13.0. The molecule has 0 bridgehead atoms. The lowest BCUT2D eigenvalue weighted by Gasteiger charge is -2.29. The topological polar surface area (TPSA) is 76.1 Å². The van der Waals surface area contributed by atoms with Crippen LogP contribution in [0.4, 0.5) is 4.79 Å². The normalized spacial score (nSPS) is 19.3. The molecule has 0 saturated carbocycles. The molecule has 6 heteroatoms. The first kappa shape index (κ1) is 12.4. The molecular weight excluding hydrogens is 238 g/mol. The van der Waals surface area contributed by atoms with Crippen LogP contribution in [-0.4, -0.2) is 47.9 Å². The first-order valence-electron chi connectivity index (χ1n) is 5.53. The van der Waals surface area contributed by atoms with Crippen molar-refractivity contribution >= 4 is 12.1 Å². The number of ether oxygens (including phenoxy) is 2. The number of nitrogens with zero attached hydrogens (tertiary/aromatic N) is 1. The van der Waals surface area contributed by atoms with E-state index in [1.54, 1.807) is 24.3 Å². The van der Waals surface area contributed by atoms with Crippen LogP contribution >= 0.6 is 0 Å². The lowest BCUT2D eigenvalue weighted by Crippen LogP contribution is -2.49. The second-order valence-corrected chi connectivity index (χ2v) is 3.82. The third-order valence-electron chi connectivity index (χ3n) is 2.55. The molecule has 2 rings (SSSR count). The molecule has 6 nitrogen and oxygen atoms in total. The molecule has 1 unspecified atom stereocenters. The summed E-state index contributed by atoms with van der Waals surface area (Å²) in [6, 6.07) is 8.64. The van der Waals surface area contributed by atoms with Crippen LogP contribution in [0.25, 0.3) is 0 Å². The Morgan fingerprint density at radius 3 is 2.72 bits per heavy atom. The van der Waals surface area contributed by atoms with Crippen LogP contribution in [0, 0.1) is 0 Å². The quantitative estimate of drug-likeness (QED) is 0.847. The Bertz CT molecular complexity index is 433. The van der Waals surface area contributed by atoms with Crippen LogP contribution in [0.3, 0.4) is 0 Å². The van der Waals surface area contributed by atoms with Crippen molar-refractivity contribution in [2.45, 2.75) is 6.10 Å². The number of carbonyl (C=O) groups excluding carboxylic acids is 1. The summed E-state index contributed by atoms with van der Waals surface area (Å²) in [4.78, 5) is 23.9. The van der Waals surface area contributed by atoms with Crippen LogP contribution in [-0.2, 0) is 9.53 Å². The van der Waals surface area contributed by atoms with Crippen molar-refractivity contribution < 1.29 is 24.2 Å². The van der Waals surface area contributed by atoms with Crippen molar-refractivity contribution in [3.63, 3.8) is 0 Å². The third kappa shape index (κ3) is 2.98. The molecule has 1 aliphatic heterocycles. The molecule has 1 saturated heterocycles. The largest absolute Gasteiger partial charge is 0.479 e. The van der Waals surface area contributed by atoms with Gasteiger partial charge in [0.2, 0.25) is 0 Å². The van der Waals surface area contributed by atoms with Gasteiger partial charge in [0.1, 0.15) is 5.75 Å². The van der Waals surface area contributed by atoms with Crippen LogP contribution in [0.15, 0.2) is 30.3 Å². The number of benzene rings is 1. The molecule has 0 spiro atoms. The molecule has 1 aromatic carbocycles. The highest BCUT2D eigenvalue weighted by Gasteiger charge is 2.29. The lowest BCUT2D eigenvalue weighted by atomic mass is 10.3. The number of hydrogen-bond donors (Lipinski definition) is 1. The summed E-state index contributed by atoms with van der Waals surface area (Å²) < 4.78 is 10.1. The number of amides is 1. The molecule has 1 aromatic rings. The van der Waals surface area contributed by atoms with Crippen LogP contribution in [0.5, 0.6) is 5.75 Å². The number of carboxylic acid groups (broad SMARTS) is 1. The number of para-hydroxylation sites is 1. The van der Waals surface area contributed by atoms with Gasteiger partial charge in [-0.25, -0.2) is 9.59 Å². The van der Waals surface area contributed by atoms with Crippen molar-refractivity contribution in [2.75, 3.05) is 19.7 Å². The monoisotopic (exact) mass is 251 g/mol. The number of carboxylic acids is 1. The molecule has 1 heterocycles. The van der Waals surface area contributed by atoms with E-state index in [0.717, 1.165) is 0 Å². The maximum atomic E-state index is 11.8. The Kier molecular flexibility index (Phi) is 3.78. The Morgan fingerprint density at radius 2 is 2.06 bits per heavy atom. The van der Waals surface area contributed by atoms with Crippen molar-refractivity contribution in [1.82, 2.24) is 4.90 Å². The van der Waals surface area contributed by atoms with E-state index >= 15 is 0 Å². The van der Waals surface area contributed by atoms with Gasteiger partial charge in [-0.05, 0) is 12.1 Å². The van der Waals surface area contributed by atoms with E-state index in [2.05, 4.69) is 0 Å². The van der Waals surface area contributed by atoms with Crippen molar-refractivity contribution in [3.05, 3.63) is 30.3 Å². The second kappa shape index (κ2) is 5.50. The minimum Gasteiger partial charge on any atom is -0.479 e. The summed E-state index contributed by atoms with van der Waals surface area (Å²) in [5.74, 6) is -0.645. The smallest absolute Gasteiger partial charge is 0.415 e. The Hall–Kier alpha value is -2.08. The van der Waals surface area contributed by atoms with Gasteiger partial charge < -0.3 is 19.5 Å². The Balaban J connectivity index is 1.95. The standard InChI is InChI=1S/C12H13NO5/c14-11(15)10-8-13(6-7-17-10)12(16)18-9-4-2-1-3-5-9/h1-5,10H,6-8H2,(H,14,15). The highest BCUT2D eigenvalue weighted by atomic mass is 16.6. The average Bonchev–Trinajstić information content (AvgIpc) is 2.40. The van der Waals surface area contributed by atoms with E-state index in [1.807, 2.05) is 6.07 Å². The Labute approximate surface area is 104 Å². The van der Waals surface area contributed by atoms with Crippen LogP contribution < -0.4 is 4.74 Å². The molecule has 1 atom stereocenters. The molecule has 96 valence electrons. The van der Waals surface area contributed by atoms with Gasteiger partial charge >= 0.3 is 12.1 Å². The first-order chi connectivity index (χ1) is 8.66. The predicted octanol–water partition coefficient (Wildman–Crippen LogP) is 0.971. The van der Waals surface area contributed by atoms with Gasteiger partial charge in [-0.1, -0.05) is 18.2 Å². The van der Waals surface area contributed by atoms with E-state index in [9.17, 15) is 9.59 Å². The fourth-order valence-electron chi connectivity index (χ4n) is 1.62. The van der Waals surface area contributed by atoms with E-state index in [0.29, 0.717) is 12.3 Å². The van der Waals surface area contributed by atoms with Gasteiger partial charge in [-0.2, -0.15) is 0 Å². The van der Waals surface area contributed by atoms with E-state index in [-0.39, 0.29) is 13.2 Å². The number of aliphatic carboxylic acids is 1. The van der Waals surface area contributed by atoms with Gasteiger partial charge in [-0.15, -0.1) is 0 Å². The van der Waals surface area contributed by atoms with Crippen LogP contribution in [0.2, 0.25) is 0 Å². The summed E-state index contributed by atoms with van der Waals surface area (Å²) in [7, 11) is 0. The van der Waals surface area contributed by atoms with E-state index < -0.39 is 18.2 Å². The molecule has 1 fully saturated rings. The van der Waals surface area contributed by atoms with Gasteiger partial charge in [0.25, 0.3) is 0 Å². The highest BCUT2D eigenvalue weighted by Crippen LogP contribution is 2.12. The van der Waals surface area contributed by atoms with Crippen molar-refractivity contribution in [2.24, 2.45) is 0 Å². The second-order valence-electron chi connectivity index (χ2n) is 3.82. The summed E-state index contributed by atoms with van der Waals surface area (Å²) in [6.45, 7) is 0.525. The Morgan fingerprint density at radius 1 is 1.33 bits per heavy atom. The molecule has 18 heavy (non-hydrogen) atoms. The predicted molar refractivity (Wildman–Crippen MR) is 61.4 cm³/mol. The summed E-state index contributed by atoms with van der Waals surface area (Å²) in [5.41, 5.74) is 0. The zero-order valence-corrected chi connectivity index (χ0v) is 9.61. The number of rotatable bonds is 2. The number of carbonyl (C=O) groups is 2. The lowest BCUT2D eigenvalue weighted by molar-refractivity contribution is -0.154. The first-order valence-corrected chi connectivity index (χ1v) is 5.53. The fourth-order valence-corrected chi connectivity index (χ4v) is 1.62. The summed E-state index contributed by atoms with van der Waals surface area (Å²) in [6.07, 6.45) is -1.54. The van der Waals surface area contributed by atoms with E-state index in [1.165, 1.54) is 4.90 Å². The molecule has 1 aliphatic rings. The maximum absolute atomic E-state index is 11.8. The maximum Gasteiger partial charge on any atom is 0.415 e. The molecule has 0 aromatic heterocycles. The minimum absolute atomic E-state index is 0.000992. The molecule has 0 radical (unpaired) electrons. The summed E-state index contributed by atoms with van der Waals surface area (Å²) in [5, 5.41) is 8.82. The fraction of sp³-hybridized carbons (Fsp3) is 0.333. The van der Waals surface area contributed by atoms with Gasteiger partial charge in [0, 0.05) is 6.54 Å². The number of hydrogen-bond acceptors (Lipinski definition) is 4. The van der Waals surface area contributed by atoms with Gasteiger partial charge in [0.15, 0.2) is 6.10 Å². The summed E-state index contributed by atoms with van der Waals surface area (Å²) >= 11 is 0. The van der Waals surface area contributed by atoms with Crippen molar-refractivity contribution in [3.8, 4) is 5.75 Å². The van der Waals surface area contributed by atoms with E-state index in [4.69, 9.17) is 14.6 Å². The minimum atomic E-state index is -1.08. The SMILES string of the molecule is O=C(O)C1CN(C(=O)Oc2ccccc2)CCO1. The van der Waals surface area contributed by atoms with Gasteiger partial charge in [-0.3, -0.25) is 0 Å². The molecule has 0 aliphatic carbocycles. The highest BCUT2D eigenvalue weighted by molar-refractivity contribution is 5.75. The van der Waals surface area contributed by atoms with Crippen LogP contribution in [0.1, 0.15) is 0 Å². The molecular formula is C12H13NO5. The van der Waals surface area contributed by atoms with Crippen molar-refractivity contribution in [1.29, 1.82) is 0 Å². The number of morpholine rings is 1. The average molecular weight is 251 g/mol. The molecule has 1 N–H and O–H groups in total. The molecule has 1 amide bonds. The zero-order valence-electron chi connectivity index (χ0n) is 9.61. The third-order valence-corrected chi connectivity index (χ3v) is 2.55.